The molecule has 2 heterocycles. The number of rotatable bonds is 10. The summed E-state index contributed by atoms with van der Waals surface area (Å²) in [5, 5.41) is 3.86. The predicted molar refractivity (Wildman–Crippen MR) is 165 cm³/mol. The van der Waals surface area contributed by atoms with E-state index in [1.165, 1.54) is 12.0 Å². The van der Waals surface area contributed by atoms with Crippen molar-refractivity contribution in [2.75, 3.05) is 14.2 Å². The third-order valence-corrected chi connectivity index (χ3v) is 7.63. The van der Waals surface area contributed by atoms with Crippen LogP contribution in [0.1, 0.15) is 32.6 Å². The molecule has 2 amide bonds. The molecule has 0 saturated carbocycles. The van der Waals surface area contributed by atoms with Crippen LogP contribution >= 0.6 is 0 Å². The van der Waals surface area contributed by atoms with Crippen molar-refractivity contribution in [3.8, 4) is 5.69 Å². The SMILES string of the molecule is COC(=O)[C@H](Cc1c[nH]c2ccccc12)NC(=O)[C@H](Cc1ccc(-n2ccnc2)cc1)N(C)C(=O)c1cc(C)cc(C)c1. The topological polar surface area (TPSA) is 109 Å². The van der Waals surface area contributed by atoms with Crippen molar-refractivity contribution in [1.29, 1.82) is 0 Å². The van der Waals surface area contributed by atoms with Crippen LogP contribution < -0.4 is 5.32 Å². The van der Waals surface area contributed by atoms with E-state index in [-0.39, 0.29) is 18.7 Å². The van der Waals surface area contributed by atoms with Gasteiger partial charge in [0.2, 0.25) is 5.91 Å². The van der Waals surface area contributed by atoms with Crippen molar-refractivity contribution >= 4 is 28.7 Å². The van der Waals surface area contributed by atoms with Gasteiger partial charge in [-0.1, -0.05) is 47.5 Å². The summed E-state index contributed by atoms with van der Waals surface area (Å²) in [7, 11) is 2.92. The van der Waals surface area contributed by atoms with Crippen LogP contribution in [0.25, 0.3) is 16.6 Å². The summed E-state index contributed by atoms with van der Waals surface area (Å²) in [6.45, 7) is 3.86. The number of nitrogens with one attached hydrogen (secondary N) is 2. The molecule has 5 aromatic rings. The second-order valence-corrected chi connectivity index (χ2v) is 10.8. The van der Waals surface area contributed by atoms with Gasteiger partial charge in [0.25, 0.3) is 5.91 Å². The maximum Gasteiger partial charge on any atom is 0.328 e. The molecule has 2 N–H and O–H groups in total. The Morgan fingerprint density at radius 2 is 1.72 bits per heavy atom. The minimum atomic E-state index is -0.951. The highest BCUT2D eigenvalue weighted by molar-refractivity contribution is 5.98. The number of nitrogens with zero attached hydrogens (tertiary/aromatic N) is 3. The molecule has 0 aliphatic carbocycles. The molecule has 0 aliphatic rings. The molecule has 0 saturated heterocycles. The van der Waals surface area contributed by atoms with Crippen molar-refractivity contribution in [2.45, 2.75) is 38.8 Å². The first-order chi connectivity index (χ1) is 20.7. The Morgan fingerprint density at radius 1 is 1.00 bits per heavy atom. The van der Waals surface area contributed by atoms with Crippen molar-refractivity contribution < 1.29 is 19.1 Å². The van der Waals surface area contributed by atoms with Gasteiger partial charge in [0, 0.05) is 60.6 Å². The van der Waals surface area contributed by atoms with Gasteiger partial charge in [-0.2, -0.15) is 0 Å². The van der Waals surface area contributed by atoms with Crippen molar-refractivity contribution in [3.05, 3.63) is 119 Å². The number of esters is 1. The second kappa shape index (κ2) is 12.8. The van der Waals surface area contributed by atoms with Gasteiger partial charge in [-0.05, 0) is 55.3 Å². The number of hydrogen-bond acceptors (Lipinski definition) is 5. The molecule has 0 unspecified atom stereocenters. The first-order valence-corrected chi connectivity index (χ1v) is 14.1. The summed E-state index contributed by atoms with van der Waals surface area (Å²) in [5.41, 5.74) is 5.99. The van der Waals surface area contributed by atoms with Crippen LogP contribution in [0.4, 0.5) is 0 Å². The standard InChI is InChI=1S/C34H35N5O4/c1-22-15-23(2)17-25(16-22)33(41)38(3)31(18-24-9-11-27(12-10-24)39-14-13-35-21-39)32(40)37-30(34(42)43-4)19-26-20-36-29-8-6-5-7-28(26)29/h5-17,20-21,30-31,36H,18-19H2,1-4H3,(H,37,40)/t30-,31-/m0/s1. The minimum Gasteiger partial charge on any atom is -0.467 e. The Kier molecular flexibility index (Phi) is 8.71. The molecular formula is C34H35N5O4. The fraction of sp³-hybridized carbons (Fsp3) is 0.235. The Labute approximate surface area is 250 Å². The molecule has 2 aromatic heterocycles. The summed E-state index contributed by atoms with van der Waals surface area (Å²) in [6.07, 6.45) is 7.57. The van der Waals surface area contributed by atoms with Gasteiger partial charge in [-0.15, -0.1) is 0 Å². The van der Waals surface area contributed by atoms with Gasteiger partial charge in [0.15, 0.2) is 0 Å². The molecular weight excluding hydrogens is 542 g/mol. The van der Waals surface area contributed by atoms with Crippen LogP contribution in [-0.2, 0) is 27.2 Å². The van der Waals surface area contributed by atoms with Gasteiger partial charge < -0.3 is 24.5 Å². The van der Waals surface area contributed by atoms with Crippen LogP contribution in [0.2, 0.25) is 0 Å². The quantitative estimate of drug-likeness (QED) is 0.237. The zero-order chi connectivity index (χ0) is 30.5. The van der Waals surface area contributed by atoms with Crippen molar-refractivity contribution in [2.24, 2.45) is 0 Å². The highest BCUT2D eigenvalue weighted by atomic mass is 16.5. The number of carbonyl (C=O) groups excluding carboxylic acids is 3. The number of imidazole rings is 1. The van der Waals surface area contributed by atoms with Crippen LogP contribution in [0, 0.1) is 13.8 Å². The van der Waals surface area contributed by atoms with Crippen molar-refractivity contribution in [3.63, 3.8) is 0 Å². The number of hydrogen-bond donors (Lipinski definition) is 2. The molecule has 9 nitrogen and oxygen atoms in total. The summed E-state index contributed by atoms with van der Waals surface area (Å²) < 4.78 is 6.96. The Bertz CT molecular complexity index is 1720. The Morgan fingerprint density at radius 3 is 2.40 bits per heavy atom. The minimum absolute atomic E-state index is 0.226. The maximum absolute atomic E-state index is 14.0. The zero-order valence-electron chi connectivity index (χ0n) is 24.7. The summed E-state index contributed by atoms with van der Waals surface area (Å²) in [4.78, 5) is 49.4. The number of carbonyl (C=O) groups is 3. The highest BCUT2D eigenvalue weighted by Gasteiger charge is 2.32. The van der Waals surface area contributed by atoms with Gasteiger partial charge >= 0.3 is 5.97 Å². The number of aryl methyl sites for hydroxylation is 2. The van der Waals surface area contributed by atoms with Crippen LogP contribution in [0.5, 0.6) is 0 Å². The molecule has 3 aromatic carbocycles. The Hall–Kier alpha value is -5.18. The molecule has 43 heavy (non-hydrogen) atoms. The summed E-state index contributed by atoms with van der Waals surface area (Å²) in [5.74, 6) is -1.30. The molecule has 0 fully saturated rings. The monoisotopic (exact) mass is 577 g/mol. The van der Waals surface area contributed by atoms with E-state index in [4.69, 9.17) is 4.74 Å². The molecule has 0 aliphatic heterocycles. The van der Waals surface area contributed by atoms with Crippen molar-refractivity contribution in [1.82, 2.24) is 24.8 Å². The number of aromatic amines is 1. The van der Waals surface area contributed by atoms with E-state index in [1.807, 2.05) is 97.5 Å². The normalized spacial score (nSPS) is 12.5. The lowest BCUT2D eigenvalue weighted by atomic mass is 10.00. The van der Waals surface area contributed by atoms with E-state index < -0.39 is 24.0 Å². The number of H-pyrrole nitrogens is 1. The van der Waals surface area contributed by atoms with E-state index in [1.54, 1.807) is 19.6 Å². The molecule has 5 rings (SSSR count). The van der Waals surface area contributed by atoms with Gasteiger partial charge in [0.05, 0.1) is 13.4 Å². The number of aromatic nitrogens is 3. The van der Waals surface area contributed by atoms with Gasteiger partial charge in [-0.25, -0.2) is 9.78 Å². The van der Waals surface area contributed by atoms with Crippen LogP contribution in [0.3, 0.4) is 0 Å². The first kappa shape index (κ1) is 29.3. The number of fused-ring (bicyclic) bond motifs is 1. The van der Waals surface area contributed by atoms with Gasteiger partial charge in [-0.3, -0.25) is 9.59 Å². The average Bonchev–Trinajstić information content (AvgIpc) is 3.69. The lowest BCUT2D eigenvalue weighted by Gasteiger charge is -2.29. The number of benzene rings is 3. The van der Waals surface area contributed by atoms with E-state index >= 15 is 0 Å². The van der Waals surface area contributed by atoms with Gasteiger partial charge in [0.1, 0.15) is 12.1 Å². The van der Waals surface area contributed by atoms with Crippen LogP contribution in [-0.4, -0.2) is 63.5 Å². The molecule has 9 heteroatoms. The molecule has 2 atom stereocenters. The van der Waals surface area contributed by atoms with E-state index in [0.717, 1.165) is 38.8 Å². The first-order valence-electron chi connectivity index (χ1n) is 14.1. The number of ether oxygens (including phenoxy) is 1. The molecule has 0 bridgehead atoms. The lowest BCUT2D eigenvalue weighted by Crippen LogP contribution is -2.53. The maximum atomic E-state index is 14.0. The predicted octanol–water partition coefficient (Wildman–Crippen LogP) is 4.55. The Balaban J connectivity index is 1.43. The smallest absolute Gasteiger partial charge is 0.328 e. The number of methoxy groups -OCH3 is 1. The summed E-state index contributed by atoms with van der Waals surface area (Å²) >= 11 is 0. The number of likely N-dealkylation sites (N-methyl/N-ethyl adjacent to an activating group) is 1. The third kappa shape index (κ3) is 6.67. The largest absolute Gasteiger partial charge is 0.467 e. The van der Waals surface area contributed by atoms with Crippen LogP contribution in [0.15, 0.2) is 91.6 Å². The van der Waals surface area contributed by atoms with E-state index in [0.29, 0.717) is 5.56 Å². The fourth-order valence-electron chi connectivity index (χ4n) is 5.41. The zero-order valence-corrected chi connectivity index (χ0v) is 24.7. The molecule has 0 spiro atoms. The summed E-state index contributed by atoms with van der Waals surface area (Å²) in [6, 6.07) is 19.3. The fourth-order valence-corrected chi connectivity index (χ4v) is 5.41. The van der Waals surface area contributed by atoms with E-state index in [2.05, 4.69) is 15.3 Å². The third-order valence-electron chi connectivity index (χ3n) is 7.63. The second-order valence-electron chi connectivity index (χ2n) is 10.8. The van der Waals surface area contributed by atoms with E-state index in [9.17, 15) is 14.4 Å². The molecule has 220 valence electrons. The lowest BCUT2D eigenvalue weighted by molar-refractivity contribution is -0.145. The number of para-hydroxylation sites is 1. The number of amides is 2. The average molecular weight is 578 g/mol. The molecule has 0 radical (unpaired) electrons. The highest BCUT2D eigenvalue weighted by Crippen LogP contribution is 2.21.